The van der Waals surface area contributed by atoms with Crippen LogP contribution in [0.5, 0.6) is 0 Å². The standard InChI is InChI=1S/C17H16BrNO/c1-10-6-7-12(8-11(10)2)16(19)15-9-13-4-3-5-14(18)17(13)20-15/h3-9,16H,19H2,1-2H3. The van der Waals surface area contributed by atoms with Crippen LogP contribution in [0.2, 0.25) is 0 Å². The van der Waals surface area contributed by atoms with E-state index in [0.29, 0.717) is 0 Å². The minimum Gasteiger partial charge on any atom is -0.458 e. The van der Waals surface area contributed by atoms with E-state index in [9.17, 15) is 0 Å². The molecule has 20 heavy (non-hydrogen) atoms. The highest BCUT2D eigenvalue weighted by Gasteiger charge is 2.15. The normalized spacial score (nSPS) is 12.8. The van der Waals surface area contributed by atoms with Crippen LogP contribution in [0.1, 0.15) is 28.5 Å². The fourth-order valence-electron chi connectivity index (χ4n) is 2.32. The molecule has 0 saturated carbocycles. The number of aryl methyl sites for hydroxylation is 2. The lowest BCUT2D eigenvalue weighted by atomic mass is 10.00. The monoisotopic (exact) mass is 329 g/mol. The summed E-state index contributed by atoms with van der Waals surface area (Å²) in [6.07, 6.45) is 0. The fourth-order valence-corrected chi connectivity index (χ4v) is 2.79. The van der Waals surface area contributed by atoms with Crippen molar-refractivity contribution in [3.63, 3.8) is 0 Å². The lowest BCUT2D eigenvalue weighted by Crippen LogP contribution is -2.11. The van der Waals surface area contributed by atoms with Gasteiger partial charge in [-0.05, 0) is 58.6 Å². The maximum Gasteiger partial charge on any atom is 0.148 e. The van der Waals surface area contributed by atoms with E-state index in [0.717, 1.165) is 26.8 Å². The van der Waals surface area contributed by atoms with Gasteiger partial charge in [0.2, 0.25) is 0 Å². The zero-order chi connectivity index (χ0) is 14.3. The number of nitrogens with two attached hydrogens (primary N) is 1. The minimum absolute atomic E-state index is 0.242. The van der Waals surface area contributed by atoms with Crippen molar-refractivity contribution in [3.8, 4) is 0 Å². The van der Waals surface area contributed by atoms with Gasteiger partial charge in [-0.1, -0.05) is 30.3 Å². The van der Waals surface area contributed by atoms with Crippen LogP contribution in [0.4, 0.5) is 0 Å². The molecule has 2 nitrogen and oxygen atoms in total. The van der Waals surface area contributed by atoms with Crippen molar-refractivity contribution in [2.75, 3.05) is 0 Å². The van der Waals surface area contributed by atoms with E-state index < -0.39 is 0 Å². The van der Waals surface area contributed by atoms with Crippen molar-refractivity contribution >= 4 is 26.9 Å². The molecule has 2 aromatic carbocycles. The van der Waals surface area contributed by atoms with E-state index in [2.05, 4.69) is 48.0 Å². The summed E-state index contributed by atoms with van der Waals surface area (Å²) in [5.41, 5.74) is 10.8. The maximum absolute atomic E-state index is 6.34. The molecule has 2 N–H and O–H groups in total. The van der Waals surface area contributed by atoms with Crippen molar-refractivity contribution in [1.29, 1.82) is 0 Å². The van der Waals surface area contributed by atoms with Gasteiger partial charge < -0.3 is 10.2 Å². The van der Waals surface area contributed by atoms with Crippen molar-refractivity contribution in [3.05, 3.63) is 69.4 Å². The van der Waals surface area contributed by atoms with Crippen LogP contribution in [0, 0.1) is 13.8 Å². The summed E-state index contributed by atoms with van der Waals surface area (Å²) in [5.74, 6) is 0.787. The SMILES string of the molecule is Cc1ccc(C(N)c2cc3cccc(Br)c3o2)cc1C. The molecule has 1 aromatic heterocycles. The number of hydrogen-bond donors (Lipinski definition) is 1. The first-order valence-electron chi connectivity index (χ1n) is 6.57. The largest absolute Gasteiger partial charge is 0.458 e. The van der Waals surface area contributed by atoms with E-state index in [1.165, 1.54) is 11.1 Å². The molecule has 0 radical (unpaired) electrons. The molecule has 0 bridgehead atoms. The average Bonchev–Trinajstić information content (AvgIpc) is 2.86. The lowest BCUT2D eigenvalue weighted by molar-refractivity contribution is 0.524. The van der Waals surface area contributed by atoms with Gasteiger partial charge in [-0.15, -0.1) is 0 Å². The first kappa shape index (κ1) is 13.4. The molecule has 0 amide bonds. The Morgan fingerprint density at radius 1 is 1.05 bits per heavy atom. The molecule has 0 aliphatic rings. The van der Waals surface area contributed by atoms with E-state index in [-0.39, 0.29) is 6.04 Å². The zero-order valence-corrected chi connectivity index (χ0v) is 13.1. The number of rotatable bonds is 2. The third kappa shape index (κ3) is 2.28. The van der Waals surface area contributed by atoms with Gasteiger partial charge >= 0.3 is 0 Å². The second kappa shape index (κ2) is 5.08. The summed E-state index contributed by atoms with van der Waals surface area (Å²) in [4.78, 5) is 0. The van der Waals surface area contributed by atoms with Crippen LogP contribution in [-0.4, -0.2) is 0 Å². The van der Waals surface area contributed by atoms with Gasteiger partial charge in [0.1, 0.15) is 11.3 Å². The predicted molar refractivity (Wildman–Crippen MR) is 85.9 cm³/mol. The Morgan fingerprint density at radius 3 is 2.55 bits per heavy atom. The molecule has 3 heteroatoms. The first-order valence-corrected chi connectivity index (χ1v) is 7.36. The quantitative estimate of drug-likeness (QED) is 0.729. The fraction of sp³-hybridized carbons (Fsp3) is 0.176. The highest BCUT2D eigenvalue weighted by Crippen LogP contribution is 2.31. The van der Waals surface area contributed by atoms with E-state index in [1.54, 1.807) is 0 Å². The molecule has 3 rings (SSSR count). The van der Waals surface area contributed by atoms with Crippen LogP contribution in [0.25, 0.3) is 11.0 Å². The van der Waals surface area contributed by atoms with Gasteiger partial charge in [0.25, 0.3) is 0 Å². The minimum atomic E-state index is -0.242. The average molecular weight is 330 g/mol. The first-order chi connectivity index (χ1) is 9.56. The molecule has 0 fully saturated rings. The number of benzene rings is 2. The Kier molecular flexibility index (Phi) is 3.40. The highest BCUT2D eigenvalue weighted by atomic mass is 79.9. The molecular formula is C17H16BrNO. The second-order valence-electron chi connectivity index (χ2n) is 5.13. The third-order valence-corrected chi connectivity index (χ3v) is 4.34. The summed E-state index contributed by atoms with van der Waals surface area (Å²) in [6, 6.07) is 14.1. The number of halogens is 1. The molecule has 3 aromatic rings. The van der Waals surface area contributed by atoms with Gasteiger partial charge in [0, 0.05) is 5.39 Å². The number of hydrogen-bond acceptors (Lipinski definition) is 2. The smallest absolute Gasteiger partial charge is 0.148 e. The maximum atomic E-state index is 6.34. The molecule has 0 aliphatic carbocycles. The highest BCUT2D eigenvalue weighted by molar-refractivity contribution is 9.10. The Morgan fingerprint density at radius 2 is 1.85 bits per heavy atom. The summed E-state index contributed by atoms with van der Waals surface area (Å²) >= 11 is 3.50. The number of para-hydroxylation sites is 1. The Hall–Kier alpha value is -1.58. The van der Waals surface area contributed by atoms with Crippen LogP contribution < -0.4 is 5.73 Å². The van der Waals surface area contributed by atoms with E-state index in [1.807, 2.05) is 24.3 Å². The van der Waals surface area contributed by atoms with E-state index in [4.69, 9.17) is 10.2 Å². The molecule has 0 saturated heterocycles. The van der Waals surface area contributed by atoms with Gasteiger partial charge in [-0.25, -0.2) is 0 Å². The van der Waals surface area contributed by atoms with Crippen molar-refractivity contribution in [2.24, 2.45) is 5.73 Å². The molecule has 1 heterocycles. The summed E-state index contributed by atoms with van der Waals surface area (Å²) in [7, 11) is 0. The molecule has 1 atom stereocenters. The van der Waals surface area contributed by atoms with E-state index >= 15 is 0 Å². The summed E-state index contributed by atoms with van der Waals surface area (Å²) < 4.78 is 6.87. The summed E-state index contributed by atoms with van der Waals surface area (Å²) in [5, 5.41) is 1.06. The van der Waals surface area contributed by atoms with Gasteiger partial charge in [-0.2, -0.15) is 0 Å². The number of fused-ring (bicyclic) bond motifs is 1. The van der Waals surface area contributed by atoms with Crippen LogP contribution >= 0.6 is 15.9 Å². The van der Waals surface area contributed by atoms with Crippen molar-refractivity contribution in [2.45, 2.75) is 19.9 Å². The van der Waals surface area contributed by atoms with Crippen LogP contribution in [-0.2, 0) is 0 Å². The summed E-state index contributed by atoms with van der Waals surface area (Å²) in [6.45, 7) is 4.20. The van der Waals surface area contributed by atoms with Crippen LogP contribution in [0.3, 0.4) is 0 Å². The molecular weight excluding hydrogens is 314 g/mol. The molecule has 102 valence electrons. The number of furan rings is 1. The second-order valence-corrected chi connectivity index (χ2v) is 5.98. The zero-order valence-electron chi connectivity index (χ0n) is 11.5. The Bertz CT molecular complexity index is 776. The van der Waals surface area contributed by atoms with Gasteiger partial charge in [0.15, 0.2) is 0 Å². The van der Waals surface area contributed by atoms with Crippen LogP contribution in [0.15, 0.2) is 51.4 Å². The Balaban J connectivity index is 2.05. The molecule has 1 unspecified atom stereocenters. The molecule has 0 aliphatic heterocycles. The van der Waals surface area contributed by atoms with Crippen molar-refractivity contribution < 1.29 is 4.42 Å². The molecule has 0 spiro atoms. The lowest BCUT2D eigenvalue weighted by Gasteiger charge is -2.11. The predicted octanol–water partition coefficient (Wildman–Crippen LogP) is 4.86. The Labute approximate surface area is 126 Å². The van der Waals surface area contributed by atoms with Gasteiger partial charge in [-0.3, -0.25) is 0 Å². The third-order valence-electron chi connectivity index (χ3n) is 3.71. The van der Waals surface area contributed by atoms with Crippen molar-refractivity contribution in [1.82, 2.24) is 0 Å². The topological polar surface area (TPSA) is 39.2 Å². The van der Waals surface area contributed by atoms with Gasteiger partial charge in [0.05, 0.1) is 10.5 Å².